The van der Waals surface area contributed by atoms with Gasteiger partial charge in [-0.15, -0.1) is 0 Å². The number of hydrogen-bond acceptors (Lipinski definition) is 3. The standard InChI is InChI=1S/C14H21NO4/c1-2-19-11-7-10(14(11)4-3-5-14)15-12(16)8-6-9(8)13(17)18/h8-11H,2-7H2,1H3,(H,15,16)(H,17,18)/t8-,9-,10+,11-/m1/s1. The second-order valence-corrected chi connectivity index (χ2v) is 6.11. The Morgan fingerprint density at radius 2 is 2.05 bits per heavy atom. The second kappa shape index (κ2) is 4.47. The number of carboxylic acids is 1. The first-order valence-corrected chi connectivity index (χ1v) is 7.23. The number of rotatable bonds is 5. The quantitative estimate of drug-likeness (QED) is 0.784. The van der Waals surface area contributed by atoms with Crippen molar-refractivity contribution in [1.82, 2.24) is 5.32 Å². The van der Waals surface area contributed by atoms with Crippen LogP contribution in [0.4, 0.5) is 0 Å². The van der Waals surface area contributed by atoms with Gasteiger partial charge in [-0.25, -0.2) is 0 Å². The highest BCUT2D eigenvalue weighted by Crippen LogP contribution is 2.57. The molecule has 5 heteroatoms. The number of nitrogens with one attached hydrogen (secondary N) is 1. The Morgan fingerprint density at radius 3 is 2.53 bits per heavy atom. The van der Waals surface area contributed by atoms with Gasteiger partial charge in [-0.2, -0.15) is 0 Å². The molecule has 0 aromatic heterocycles. The van der Waals surface area contributed by atoms with Crippen molar-refractivity contribution < 1.29 is 19.4 Å². The fourth-order valence-electron chi connectivity index (χ4n) is 3.68. The average molecular weight is 267 g/mol. The minimum Gasteiger partial charge on any atom is -0.481 e. The summed E-state index contributed by atoms with van der Waals surface area (Å²) in [6.45, 7) is 2.72. The Morgan fingerprint density at radius 1 is 1.32 bits per heavy atom. The van der Waals surface area contributed by atoms with Gasteiger partial charge in [-0.1, -0.05) is 6.42 Å². The van der Waals surface area contributed by atoms with Crippen molar-refractivity contribution in [2.45, 2.75) is 51.2 Å². The zero-order valence-corrected chi connectivity index (χ0v) is 11.2. The van der Waals surface area contributed by atoms with E-state index in [4.69, 9.17) is 9.84 Å². The van der Waals surface area contributed by atoms with Crippen molar-refractivity contribution in [2.24, 2.45) is 17.3 Å². The molecule has 106 valence electrons. The molecule has 3 rings (SSSR count). The largest absolute Gasteiger partial charge is 0.481 e. The summed E-state index contributed by atoms with van der Waals surface area (Å²) in [4.78, 5) is 22.8. The molecule has 2 N–H and O–H groups in total. The van der Waals surface area contributed by atoms with E-state index in [-0.39, 0.29) is 29.4 Å². The van der Waals surface area contributed by atoms with Crippen LogP contribution in [0, 0.1) is 17.3 Å². The third-order valence-corrected chi connectivity index (χ3v) is 5.20. The molecule has 4 atom stereocenters. The van der Waals surface area contributed by atoms with E-state index < -0.39 is 11.9 Å². The minimum atomic E-state index is -0.848. The molecule has 0 radical (unpaired) electrons. The SMILES string of the molecule is CCO[C@@H]1C[C@H](NC(=O)[C@@H]2C[C@H]2C(=O)O)C12CCC2. The molecule has 3 fully saturated rings. The summed E-state index contributed by atoms with van der Waals surface area (Å²) in [7, 11) is 0. The van der Waals surface area contributed by atoms with Crippen LogP contribution in [0.15, 0.2) is 0 Å². The normalized spacial score (nSPS) is 38.2. The number of carbonyl (C=O) groups is 2. The molecule has 0 unspecified atom stereocenters. The maximum absolute atomic E-state index is 12.0. The van der Waals surface area contributed by atoms with Gasteiger partial charge < -0.3 is 15.2 Å². The van der Waals surface area contributed by atoms with Crippen molar-refractivity contribution >= 4 is 11.9 Å². The predicted molar refractivity (Wildman–Crippen MR) is 67.5 cm³/mol. The van der Waals surface area contributed by atoms with E-state index in [0.29, 0.717) is 6.42 Å². The van der Waals surface area contributed by atoms with E-state index in [2.05, 4.69) is 5.32 Å². The Labute approximate surface area is 112 Å². The summed E-state index contributed by atoms with van der Waals surface area (Å²) in [6.07, 6.45) is 5.10. The van der Waals surface area contributed by atoms with Crippen LogP contribution in [0.5, 0.6) is 0 Å². The van der Waals surface area contributed by atoms with Crippen LogP contribution < -0.4 is 5.32 Å². The zero-order valence-electron chi connectivity index (χ0n) is 11.2. The summed E-state index contributed by atoms with van der Waals surface area (Å²) < 4.78 is 5.74. The smallest absolute Gasteiger partial charge is 0.307 e. The van der Waals surface area contributed by atoms with Gasteiger partial charge in [0.15, 0.2) is 0 Å². The van der Waals surface area contributed by atoms with E-state index >= 15 is 0 Å². The topological polar surface area (TPSA) is 75.6 Å². The lowest BCUT2D eigenvalue weighted by molar-refractivity contribution is -0.176. The van der Waals surface area contributed by atoms with Crippen molar-refractivity contribution in [3.63, 3.8) is 0 Å². The number of amides is 1. The van der Waals surface area contributed by atoms with Crippen LogP contribution in [-0.2, 0) is 14.3 Å². The minimum absolute atomic E-state index is 0.0707. The molecule has 0 saturated heterocycles. The van der Waals surface area contributed by atoms with E-state index in [9.17, 15) is 9.59 Å². The average Bonchev–Trinajstić information content (AvgIpc) is 3.04. The molecule has 0 aromatic rings. The van der Waals surface area contributed by atoms with Crippen LogP contribution >= 0.6 is 0 Å². The van der Waals surface area contributed by atoms with Crippen molar-refractivity contribution in [3.8, 4) is 0 Å². The number of hydrogen-bond donors (Lipinski definition) is 2. The number of aliphatic carboxylic acids is 1. The van der Waals surface area contributed by atoms with Crippen LogP contribution in [0.2, 0.25) is 0 Å². The lowest BCUT2D eigenvalue weighted by Gasteiger charge is -2.61. The van der Waals surface area contributed by atoms with Crippen molar-refractivity contribution in [1.29, 1.82) is 0 Å². The third-order valence-electron chi connectivity index (χ3n) is 5.20. The number of carbonyl (C=O) groups excluding carboxylic acids is 1. The molecule has 1 amide bonds. The van der Waals surface area contributed by atoms with Gasteiger partial charge in [0.05, 0.1) is 17.9 Å². The monoisotopic (exact) mass is 267 g/mol. The van der Waals surface area contributed by atoms with Crippen LogP contribution in [0.25, 0.3) is 0 Å². The van der Waals surface area contributed by atoms with Crippen molar-refractivity contribution in [3.05, 3.63) is 0 Å². The fourth-order valence-corrected chi connectivity index (χ4v) is 3.68. The fraction of sp³-hybridized carbons (Fsp3) is 0.857. The maximum atomic E-state index is 12.0. The lowest BCUT2D eigenvalue weighted by atomic mass is 9.51. The molecule has 5 nitrogen and oxygen atoms in total. The molecule has 0 heterocycles. The van der Waals surface area contributed by atoms with Gasteiger partial charge in [0.2, 0.25) is 5.91 Å². The first-order chi connectivity index (χ1) is 9.08. The van der Waals surface area contributed by atoms with Gasteiger partial charge in [0.1, 0.15) is 0 Å². The summed E-state index contributed by atoms with van der Waals surface area (Å²) in [5.41, 5.74) is 0.152. The predicted octanol–water partition coefficient (Wildman–Crippen LogP) is 1.17. The first-order valence-electron chi connectivity index (χ1n) is 7.23. The summed E-state index contributed by atoms with van der Waals surface area (Å²) in [5, 5.41) is 11.9. The van der Waals surface area contributed by atoms with Gasteiger partial charge >= 0.3 is 5.97 Å². The van der Waals surface area contributed by atoms with E-state index in [0.717, 1.165) is 25.9 Å². The Hall–Kier alpha value is -1.10. The molecule has 0 aromatic carbocycles. The Kier molecular flexibility index (Phi) is 3.04. The van der Waals surface area contributed by atoms with Crippen LogP contribution in [0.3, 0.4) is 0 Å². The van der Waals surface area contributed by atoms with Crippen LogP contribution in [0.1, 0.15) is 39.0 Å². The molecule has 0 aliphatic heterocycles. The highest BCUT2D eigenvalue weighted by molar-refractivity contribution is 5.89. The molecule has 3 saturated carbocycles. The first kappa shape index (κ1) is 12.9. The molecule has 19 heavy (non-hydrogen) atoms. The molecule has 3 aliphatic carbocycles. The molecule has 1 spiro atoms. The second-order valence-electron chi connectivity index (χ2n) is 6.11. The molecular weight excluding hydrogens is 246 g/mol. The maximum Gasteiger partial charge on any atom is 0.307 e. The van der Waals surface area contributed by atoms with E-state index in [1.54, 1.807) is 0 Å². The summed E-state index contributed by atoms with van der Waals surface area (Å²) in [6, 6.07) is 0.195. The number of carboxylic acid groups (broad SMARTS) is 1. The molecule has 0 bridgehead atoms. The van der Waals surface area contributed by atoms with Gasteiger partial charge in [0.25, 0.3) is 0 Å². The van der Waals surface area contributed by atoms with Crippen molar-refractivity contribution in [2.75, 3.05) is 6.61 Å². The zero-order chi connectivity index (χ0) is 13.6. The van der Waals surface area contributed by atoms with Crippen LogP contribution in [-0.4, -0.2) is 35.7 Å². The van der Waals surface area contributed by atoms with Gasteiger partial charge in [-0.05, 0) is 32.6 Å². The highest BCUT2D eigenvalue weighted by atomic mass is 16.5. The van der Waals surface area contributed by atoms with E-state index in [1.165, 1.54) is 6.42 Å². The van der Waals surface area contributed by atoms with E-state index in [1.807, 2.05) is 6.92 Å². The summed E-state index contributed by atoms with van der Waals surface area (Å²) >= 11 is 0. The summed E-state index contributed by atoms with van der Waals surface area (Å²) in [5.74, 6) is -1.68. The molecule has 3 aliphatic rings. The molecular formula is C14H21NO4. The van der Waals surface area contributed by atoms with Gasteiger partial charge in [0, 0.05) is 18.1 Å². The Bertz CT molecular complexity index is 404. The highest BCUT2D eigenvalue weighted by Gasteiger charge is 2.60. The third kappa shape index (κ3) is 1.95. The lowest BCUT2D eigenvalue weighted by Crippen LogP contribution is -2.67. The van der Waals surface area contributed by atoms with Gasteiger partial charge in [-0.3, -0.25) is 9.59 Å². The number of ether oxygens (including phenoxy) is 1. The Balaban J connectivity index is 1.54.